The number of benzene rings is 2. The van der Waals surface area contributed by atoms with Gasteiger partial charge in [0.1, 0.15) is 24.1 Å². The van der Waals surface area contributed by atoms with Crippen molar-refractivity contribution in [2.75, 3.05) is 14.2 Å². The van der Waals surface area contributed by atoms with E-state index in [2.05, 4.69) is 5.32 Å². The van der Waals surface area contributed by atoms with Crippen LogP contribution in [0.15, 0.2) is 42.5 Å². The zero-order valence-electron chi connectivity index (χ0n) is 16.3. The molecule has 6 nitrogen and oxygen atoms in total. The molecule has 28 heavy (non-hydrogen) atoms. The van der Waals surface area contributed by atoms with Crippen molar-refractivity contribution >= 4 is 23.5 Å². The average molecular weight is 406 g/mol. The van der Waals surface area contributed by atoms with E-state index in [4.69, 9.17) is 25.8 Å². The van der Waals surface area contributed by atoms with Gasteiger partial charge in [0.15, 0.2) is 0 Å². The molecule has 0 aromatic heterocycles. The summed E-state index contributed by atoms with van der Waals surface area (Å²) in [7, 11) is 3.08. The smallest absolute Gasteiger partial charge is 0.329 e. The molecular formula is C21H24ClNO5. The fraction of sp³-hybridized carbons (Fsp3) is 0.333. The number of rotatable bonds is 8. The number of halogens is 1. The molecule has 1 N–H and O–H groups in total. The zero-order chi connectivity index (χ0) is 20.7. The van der Waals surface area contributed by atoms with Gasteiger partial charge in [-0.15, -0.1) is 0 Å². The number of carbonyl (C=O) groups is 2. The quantitative estimate of drug-likeness (QED) is 0.675. The van der Waals surface area contributed by atoms with Crippen molar-refractivity contribution in [3.05, 3.63) is 58.6 Å². The highest BCUT2D eigenvalue weighted by molar-refractivity contribution is 6.30. The van der Waals surface area contributed by atoms with Gasteiger partial charge in [0.2, 0.25) is 0 Å². The summed E-state index contributed by atoms with van der Waals surface area (Å²) in [6, 6.07) is 10.9. The first-order chi connectivity index (χ1) is 13.3. The van der Waals surface area contributed by atoms with Gasteiger partial charge in [0.25, 0.3) is 5.91 Å². The van der Waals surface area contributed by atoms with Gasteiger partial charge >= 0.3 is 5.97 Å². The molecule has 0 saturated carbocycles. The normalized spacial score (nSPS) is 11.6. The van der Waals surface area contributed by atoms with Crippen LogP contribution in [0, 0.1) is 5.92 Å². The van der Waals surface area contributed by atoms with Crippen LogP contribution in [0.25, 0.3) is 0 Å². The van der Waals surface area contributed by atoms with Gasteiger partial charge in [0.05, 0.1) is 14.2 Å². The van der Waals surface area contributed by atoms with Crippen LogP contribution in [-0.4, -0.2) is 32.1 Å². The summed E-state index contributed by atoms with van der Waals surface area (Å²) in [6.45, 7) is 3.66. The summed E-state index contributed by atoms with van der Waals surface area (Å²) < 4.78 is 15.7. The number of hydrogen-bond donors (Lipinski definition) is 1. The van der Waals surface area contributed by atoms with Crippen LogP contribution in [-0.2, 0) is 16.1 Å². The molecule has 0 radical (unpaired) electrons. The summed E-state index contributed by atoms with van der Waals surface area (Å²) >= 11 is 6.00. The van der Waals surface area contributed by atoms with Gasteiger partial charge in [-0.25, -0.2) is 4.79 Å². The van der Waals surface area contributed by atoms with Crippen LogP contribution in [0.2, 0.25) is 5.02 Å². The van der Waals surface area contributed by atoms with Crippen LogP contribution in [0.1, 0.15) is 29.8 Å². The van der Waals surface area contributed by atoms with Crippen molar-refractivity contribution in [1.82, 2.24) is 5.32 Å². The van der Waals surface area contributed by atoms with Crippen molar-refractivity contribution in [1.29, 1.82) is 0 Å². The Morgan fingerprint density at radius 3 is 2.29 bits per heavy atom. The molecule has 0 spiro atoms. The Labute approximate surface area is 169 Å². The van der Waals surface area contributed by atoms with Crippen molar-refractivity contribution < 1.29 is 23.8 Å². The second-order valence-corrected chi connectivity index (χ2v) is 6.92. The van der Waals surface area contributed by atoms with E-state index < -0.39 is 12.0 Å². The van der Waals surface area contributed by atoms with Gasteiger partial charge in [-0.2, -0.15) is 0 Å². The molecular weight excluding hydrogens is 382 g/mol. The highest BCUT2D eigenvalue weighted by atomic mass is 35.5. The van der Waals surface area contributed by atoms with Crippen molar-refractivity contribution in [3.63, 3.8) is 0 Å². The molecule has 2 aromatic rings. The monoisotopic (exact) mass is 405 g/mol. The fourth-order valence-corrected chi connectivity index (χ4v) is 2.76. The van der Waals surface area contributed by atoms with E-state index in [1.165, 1.54) is 7.11 Å². The van der Waals surface area contributed by atoms with E-state index in [1.54, 1.807) is 49.6 Å². The van der Waals surface area contributed by atoms with E-state index in [0.29, 0.717) is 27.6 Å². The Hall–Kier alpha value is -2.73. The molecule has 150 valence electrons. The predicted octanol–water partition coefficient (Wildman–Crippen LogP) is 3.86. The van der Waals surface area contributed by atoms with E-state index in [0.717, 1.165) is 0 Å². The Bertz CT molecular complexity index is 820. The maximum absolute atomic E-state index is 12.6. The maximum atomic E-state index is 12.6. The summed E-state index contributed by atoms with van der Waals surface area (Å²) in [5.41, 5.74) is 1.07. The zero-order valence-corrected chi connectivity index (χ0v) is 17.1. The van der Waals surface area contributed by atoms with Crippen LogP contribution >= 0.6 is 11.6 Å². The number of esters is 1. The molecule has 0 bridgehead atoms. The van der Waals surface area contributed by atoms with Gasteiger partial charge in [-0.1, -0.05) is 25.4 Å². The van der Waals surface area contributed by atoms with E-state index in [1.807, 2.05) is 13.8 Å². The van der Waals surface area contributed by atoms with Gasteiger partial charge in [0, 0.05) is 16.1 Å². The van der Waals surface area contributed by atoms with E-state index >= 15 is 0 Å². The van der Waals surface area contributed by atoms with Crippen molar-refractivity contribution in [2.24, 2.45) is 5.92 Å². The lowest BCUT2D eigenvalue weighted by Crippen LogP contribution is -2.45. The minimum atomic E-state index is -0.792. The SMILES string of the molecule is COc1ccc(C(=O)N[C@H](C(=O)OCc2cc(Cl)ccc2OC)C(C)C)cc1. The Balaban J connectivity index is 2.05. The first-order valence-electron chi connectivity index (χ1n) is 8.79. The van der Waals surface area contributed by atoms with Crippen molar-refractivity contribution in [2.45, 2.75) is 26.5 Å². The minimum Gasteiger partial charge on any atom is -0.497 e. The summed E-state index contributed by atoms with van der Waals surface area (Å²) in [6.07, 6.45) is 0. The summed E-state index contributed by atoms with van der Waals surface area (Å²) in [4.78, 5) is 25.1. The molecule has 0 heterocycles. The molecule has 2 rings (SSSR count). The first kappa shape index (κ1) is 21.6. The highest BCUT2D eigenvalue weighted by Gasteiger charge is 2.26. The third kappa shape index (κ3) is 5.63. The molecule has 0 fully saturated rings. The Kier molecular flexibility index (Phi) is 7.70. The third-order valence-corrected chi connectivity index (χ3v) is 4.41. The van der Waals surface area contributed by atoms with Crippen LogP contribution in [0.4, 0.5) is 0 Å². The van der Waals surface area contributed by atoms with Crippen LogP contribution in [0.3, 0.4) is 0 Å². The summed E-state index contributed by atoms with van der Waals surface area (Å²) in [5, 5.41) is 3.25. The standard InChI is InChI=1S/C21H24ClNO5/c1-13(2)19(23-20(24)14-5-8-17(26-3)9-6-14)21(25)28-12-15-11-16(22)7-10-18(15)27-4/h5-11,13,19H,12H2,1-4H3,(H,23,24)/t19-/m0/s1. The molecule has 1 amide bonds. The molecule has 0 aliphatic carbocycles. The Morgan fingerprint density at radius 1 is 1.04 bits per heavy atom. The highest BCUT2D eigenvalue weighted by Crippen LogP contribution is 2.23. The van der Waals surface area contributed by atoms with Crippen LogP contribution < -0.4 is 14.8 Å². The fourth-order valence-electron chi connectivity index (χ4n) is 2.56. The number of ether oxygens (including phenoxy) is 3. The predicted molar refractivity (Wildman–Crippen MR) is 107 cm³/mol. The Morgan fingerprint density at radius 2 is 1.71 bits per heavy atom. The topological polar surface area (TPSA) is 73.9 Å². The molecule has 7 heteroatoms. The lowest BCUT2D eigenvalue weighted by molar-refractivity contribution is -0.148. The van der Waals surface area contributed by atoms with E-state index in [-0.39, 0.29) is 18.4 Å². The third-order valence-electron chi connectivity index (χ3n) is 4.17. The van der Waals surface area contributed by atoms with E-state index in [9.17, 15) is 9.59 Å². The number of methoxy groups -OCH3 is 2. The minimum absolute atomic E-state index is 0.00973. The van der Waals surface area contributed by atoms with Crippen molar-refractivity contribution in [3.8, 4) is 11.5 Å². The second-order valence-electron chi connectivity index (χ2n) is 6.49. The number of hydrogen-bond acceptors (Lipinski definition) is 5. The molecule has 0 aliphatic heterocycles. The summed E-state index contributed by atoms with van der Waals surface area (Å²) in [5.74, 6) is 0.167. The largest absolute Gasteiger partial charge is 0.497 e. The second kappa shape index (κ2) is 9.99. The van der Waals surface area contributed by atoms with Gasteiger partial charge in [-0.05, 0) is 48.4 Å². The molecule has 2 aromatic carbocycles. The molecule has 1 atom stereocenters. The number of amides is 1. The molecule has 0 saturated heterocycles. The number of nitrogens with one attached hydrogen (secondary N) is 1. The maximum Gasteiger partial charge on any atom is 0.329 e. The average Bonchev–Trinajstić information content (AvgIpc) is 2.70. The van der Waals surface area contributed by atoms with Crippen LogP contribution in [0.5, 0.6) is 11.5 Å². The molecule has 0 unspecified atom stereocenters. The van der Waals surface area contributed by atoms with Gasteiger partial charge < -0.3 is 19.5 Å². The lowest BCUT2D eigenvalue weighted by Gasteiger charge is -2.21. The lowest BCUT2D eigenvalue weighted by atomic mass is 10.0. The first-order valence-corrected chi connectivity index (χ1v) is 9.17. The molecule has 0 aliphatic rings. The number of carbonyl (C=O) groups excluding carboxylic acids is 2. The van der Waals surface area contributed by atoms with Gasteiger partial charge in [-0.3, -0.25) is 4.79 Å².